The monoisotopic (exact) mass is 330 g/mol. The standard InChI is InChI=1S/C20H30N2O2/c1-16(2)12-14-21-19(24)20(3)13-11-18(23)22(20)15-7-10-17-8-5-4-6-9-17/h4-6,8-9,16H,7,10-15H2,1-3H3,(H,21,24)/t20-/m1/s1. The highest BCUT2D eigenvalue weighted by atomic mass is 16.2. The Kier molecular flexibility index (Phi) is 6.41. The molecular weight excluding hydrogens is 300 g/mol. The summed E-state index contributed by atoms with van der Waals surface area (Å²) in [7, 11) is 0. The number of nitrogens with zero attached hydrogens (tertiary/aromatic N) is 1. The average Bonchev–Trinajstić information content (AvgIpc) is 2.85. The van der Waals surface area contributed by atoms with E-state index in [9.17, 15) is 9.59 Å². The quantitative estimate of drug-likeness (QED) is 0.796. The summed E-state index contributed by atoms with van der Waals surface area (Å²) in [5, 5.41) is 3.02. The largest absolute Gasteiger partial charge is 0.354 e. The summed E-state index contributed by atoms with van der Waals surface area (Å²) in [5.74, 6) is 0.656. The number of carbonyl (C=O) groups excluding carboxylic acids is 2. The van der Waals surface area contributed by atoms with Gasteiger partial charge in [0.15, 0.2) is 0 Å². The fourth-order valence-electron chi connectivity index (χ4n) is 3.25. The number of carbonyl (C=O) groups is 2. The average molecular weight is 330 g/mol. The van der Waals surface area contributed by atoms with E-state index >= 15 is 0 Å². The van der Waals surface area contributed by atoms with Crippen molar-refractivity contribution in [3.8, 4) is 0 Å². The van der Waals surface area contributed by atoms with Gasteiger partial charge in [-0.25, -0.2) is 0 Å². The van der Waals surface area contributed by atoms with Gasteiger partial charge < -0.3 is 10.2 Å². The van der Waals surface area contributed by atoms with Crippen LogP contribution in [0.1, 0.15) is 52.0 Å². The first-order chi connectivity index (χ1) is 11.4. The smallest absolute Gasteiger partial charge is 0.245 e. The van der Waals surface area contributed by atoms with Crippen molar-refractivity contribution >= 4 is 11.8 Å². The number of rotatable bonds is 8. The zero-order valence-corrected chi connectivity index (χ0v) is 15.2. The highest BCUT2D eigenvalue weighted by Gasteiger charge is 2.46. The third-order valence-corrected chi connectivity index (χ3v) is 4.91. The lowest BCUT2D eigenvalue weighted by Crippen LogP contribution is -2.55. The molecule has 1 heterocycles. The molecule has 1 aliphatic heterocycles. The van der Waals surface area contributed by atoms with Crippen LogP contribution in [-0.2, 0) is 16.0 Å². The molecule has 1 aromatic rings. The van der Waals surface area contributed by atoms with Crippen LogP contribution in [0.5, 0.6) is 0 Å². The van der Waals surface area contributed by atoms with Gasteiger partial charge in [-0.05, 0) is 44.1 Å². The van der Waals surface area contributed by atoms with Crippen LogP contribution in [0.3, 0.4) is 0 Å². The lowest BCUT2D eigenvalue weighted by atomic mass is 9.97. The number of nitrogens with one attached hydrogen (secondary N) is 1. The molecule has 0 saturated carbocycles. The number of aryl methyl sites for hydroxylation is 1. The van der Waals surface area contributed by atoms with E-state index in [1.165, 1.54) is 5.56 Å². The maximum atomic E-state index is 12.6. The molecule has 1 aliphatic rings. The molecule has 0 radical (unpaired) electrons. The zero-order valence-electron chi connectivity index (χ0n) is 15.2. The van der Waals surface area contributed by atoms with Gasteiger partial charge in [-0.15, -0.1) is 0 Å². The van der Waals surface area contributed by atoms with Crippen LogP contribution in [0.15, 0.2) is 30.3 Å². The number of hydrogen-bond acceptors (Lipinski definition) is 2. The summed E-state index contributed by atoms with van der Waals surface area (Å²) in [6, 6.07) is 10.3. The molecule has 1 saturated heterocycles. The van der Waals surface area contributed by atoms with Crippen LogP contribution in [0.25, 0.3) is 0 Å². The topological polar surface area (TPSA) is 49.4 Å². The van der Waals surface area contributed by atoms with Crippen LogP contribution in [0.4, 0.5) is 0 Å². The SMILES string of the molecule is CC(C)CCNC(=O)[C@@]1(C)CCC(=O)N1CCCc1ccccc1. The minimum absolute atomic E-state index is 0.00582. The lowest BCUT2D eigenvalue weighted by molar-refractivity contribution is -0.140. The predicted molar refractivity (Wildman–Crippen MR) is 96.6 cm³/mol. The Hall–Kier alpha value is -1.84. The van der Waals surface area contributed by atoms with Gasteiger partial charge in [-0.3, -0.25) is 9.59 Å². The van der Waals surface area contributed by atoms with Crippen LogP contribution < -0.4 is 5.32 Å². The second kappa shape index (κ2) is 8.32. The summed E-state index contributed by atoms with van der Waals surface area (Å²) in [6.07, 6.45) is 3.86. The van der Waals surface area contributed by atoms with Gasteiger partial charge in [-0.2, -0.15) is 0 Å². The third-order valence-electron chi connectivity index (χ3n) is 4.91. The Morgan fingerprint density at radius 3 is 2.67 bits per heavy atom. The molecule has 0 aromatic heterocycles. The molecule has 0 bridgehead atoms. The number of amides is 2. The third kappa shape index (κ3) is 4.59. The molecule has 0 aliphatic carbocycles. The first kappa shape index (κ1) is 18.5. The normalized spacial score (nSPS) is 20.7. The molecule has 1 atom stereocenters. The van der Waals surface area contributed by atoms with Crippen molar-refractivity contribution in [3.05, 3.63) is 35.9 Å². The molecule has 0 spiro atoms. The van der Waals surface area contributed by atoms with Crippen molar-refractivity contribution in [3.63, 3.8) is 0 Å². The number of benzene rings is 1. The maximum absolute atomic E-state index is 12.6. The Morgan fingerprint density at radius 2 is 2.00 bits per heavy atom. The van der Waals surface area contributed by atoms with Crippen LogP contribution in [-0.4, -0.2) is 35.3 Å². The predicted octanol–water partition coefficient (Wildman–Crippen LogP) is 3.16. The zero-order chi connectivity index (χ0) is 17.6. The van der Waals surface area contributed by atoms with E-state index in [1.807, 2.05) is 25.1 Å². The minimum atomic E-state index is -0.690. The van der Waals surface area contributed by atoms with Crippen molar-refractivity contribution in [2.24, 2.45) is 5.92 Å². The van der Waals surface area contributed by atoms with Gasteiger partial charge >= 0.3 is 0 Å². The first-order valence-corrected chi connectivity index (χ1v) is 9.06. The van der Waals surface area contributed by atoms with Crippen molar-refractivity contribution in [2.45, 2.75) is 58.4 Å². The van der Waals surface area contributed by atoms with E-state index in [1.54, 1.807) is 4.90 Å². The van der Waals surface area contributed by atoms with Crippen LogP contribution in [0, 0.1) is 5.92 Å². The molecule has 24 heavy (non-hydrogen) atoms. The van der Waals surface area contributed by atoms with Crippen molar-refractivity contribution in [2.75, 3.05) is 13.1 Å². The molecule has 132 valence electrons. The first-order valence-electron chi connectivity index (χ1n) is 9.06. The highest BCUT2D eigenvalue weighted by Crippen LogP contribution is 2.30. The summed E-state index contributed by atoms with van der Waals surface area (Å²) < 4.78 is 0. The fraction of sp³-hybridized carbons (Fsp3) is 0.600. The number of likely N-dealkylation sites (tertiary alicyclic amines) is 1. The van der Waals surface area contributed by atoms with E-state index in [4.69, 9.17) is 0 Å². The molecule has 1 N–H and O–H groups in total. The van der Waals surface area contributed by atoms with E-state index in [2.05, 4.69) is 31.3 Å². The minimum Gasteiger partial charge on any atom is -0.354 e. The number of hydrogen-bond donors (Lipinski definition) is 1. The van der Waals surface area contributed by atoms with Crippen molar-refractivity contribution in [1.82, 2.24) is 10.2 Å². The molecular formula is C20H30N2O2. The molecule has 4 heteroatoms. The highest BCUT2D eigenvalue weighted by molar-refractivity contribution is 5.94. The molecule has 1 fully saturated rings. The summed E-state index contributed by atoms with van der Waals surface area (Å²) in [4.78, 5) is 26.7. The maximum Gasteiger partial charge on any atom is 0.245 e. The van der Waals surface area contributed by atoms with Gasteiger partial charge in [0.05, 0.1) is 0 Å². The van der Waals surface area contributed by atoms with Crippen molar-refractivity contribution < 1.29 is 9.59 Å². The second-order valence-electron chi connectivity index (χ2n) is 7.35. The van der Waals surface area contributed by atoms with Gasteiger partial charge in [-0.1, -0.05) is 44.2 Å². The lowest BCUT2D eigenvalue weighted by Gasteiger charge is -2.34. The summed E-state index contributed by atoms with van der Waals surface area (Å²) >= 11 is 0. The Morgan fingerprint density at radius 1 is 1.29 bits per heavy atom. The van der Waals surface area contributed by atoms with Gasteiger partial charge in [0.25, 0.3) is 0 Å². The molecule has 2 amide bonds. The van der Waals surface area contributed by atoms with E-state index < -0.39 is 5.54 Å². The van der Waals surface area contributed by atoms with Gasteiger partial charge in [0, 0.05) is 19.5 Å². The molecule has 1 aromatic carbocycles. The molecule has 4 nitrogen and oxygen atoms in total. The van der Waals surface area contributed by atoms with Crippen molar-refractivity contribution in [1.29, 1.82) is 0 Å². The van der Waals surface area contributed by atoms with Gasteiger partial charge in [0.2, 0.25) is 11.8 Å². The second-order valence-corrected chi connectivity index (χ2v) is 7.35. The van der Waals surface area contributed by atoms with Crippen LogP contribution >= 0.6 is 0 Å². The van der Waals surface area contributed by atoms with Crippen LogP contribution in [0.2, 0.25) is 0 Å². The Bertz CT molecular complexity index is 556. The van der Waals surface area contributed by atoms with E-state index in [0.717, 1.165) is 19.3 Å². The molecule has 2 rings (SSSR count). The summed E-state index contributed by atoms with van der Waals surface area (Å²) in [5.41, 5.74) is 0.581. The van der Waals surface area contributed by atoms with E-state index in [-0.39, 0.29) is 11.8 Å². The molecule has 0 unspecified atom stereocenters. The summed E-state index contributed by atoms with van der Waals surface area (Å²) in [6.45, 7) is 7.51. The Labute approximate surface area is 145 Å². The van der Waals surface area contributed by atoms with E-state index in [0.29, 0.717) is 31.8 Å². The fourth-order valence-corrected chi connectivity index (χ4v) is 3.25. The Balaban J connectivity index is 1.90. The van der Waals surface area contributed by atoms with Gasteiger partial charge in [0.1, 0.15) is 5.54 Å².